The van der Waals surface area contributed by atoms with E-state index in [1.165, 1.54) is 0 Å². The minimum absolute atomic E-state index is 0.375. The molecule has 0 fully saturated rings. The highest BCUT2D eigenvalue weighted by Crippen LogP contribution is 2.28. The Labute approximate surface area is 173 Å². The van der Waals surface area contributed by atoms with Gasteiger partial charge in [-0.25, -0.2) is 9.97 Å². The Morgan fingerprint density at radius 1 is 1.13 bits per heavy atom. The number of para-hydroxylation sites is 1. The van der Waals surface area contributed by atoms with Gasteiger partial charge >= 0.3 is 0 Å². The molecule has 2 N–H and O–H groups in total. The summed E-state index contributed by atoms with van der Waals surface area (Å²) in [5.74, 6) is 6.36. The van der Waals surface area contributed by atoms with Gasteiger partial charge in [-0.05, 0) is 43.5 Å². The molecule has 1 amide bonds. The largest absolute Gasteiger partial charge is 0.439 e. The molecule has 0 saturated carbocycles. The number of nitrogens with one attached hydrogen (secondary N) is 2. The number of hydrogen-bond acceptors (Lipinski definition) is 5. The molecule has 0 saturated heterocycles. The first-order valence-electron chi connectivity index (χ1n) is 9.29. The fourth-order valence-electron chi connectivity index (χ4n) is 2.94. The average molecular weight is 397 g/mol. The lowest BCUT2D eigenvalue weighted by Crippen LogP contribution is -2.08. The molecule has 4 aromatic rings. The first-order valence-corrected chi connectivity index (χ1v) is 9.29. The van der Waals surface area contributed by atoms with Crippen molar-refractivity contribution in [2.75, 3.05) is 10.6 Å². The number of fused-ring (bicyclic) bond motifs is 1. The van der Waals surface area contributed by atoms with Crippen molar-refractivity contribution in [2.24, 2.45) is 0 Å². The monoisotopic (exact) mass is 397 g/mol. The van der Waals surface area contributed by atoms with E-state index in [4.69, 9.17) is 4.74 Å². The van der Waals surface area contributed by atoms with Crippen LogP contribution in [0.5, 0.6) is 11.6 Å². The van der Waals surface area contributed by atoms with E-state index in [-0.39, 0.29) is 5.91 Å². The van der Waals surface area contributed by atoms with Gasteiger partial charge in [0.25, 0.3) is 5.91 Å². The van der Waals surface area contributed by atoms with Gasteiger partial charge in [0.2, 0.25) is 5.88 Å². The Hall–Kier alpha value is -4.31. The smallest absolute Gasteiger partial charge is 0.300 e. The molecule has 148 valence electrons. The Morgan fingerprint density at radius 2 is 2.00 bits per heavy atom. The van der Waals surface area contributed by atoms with Crippen molar-refractivity contribution in [3.63, 3.8) is 0 Å². The normalized spacial score (nSPS) is 10.2. The molecule has 2 heterocycles. The van der Waals surface area contributed by atoms with E-state index in [1.54, 1.807) is 54.3 Å². The van der Waals surface area contributed by atoms with E-state index in [2.05, 4.69) is 32.4 Å². The van der Waals surface area contributed by atoms with Gasteiger partial charge in [0.1, 0.15) is 17.6 Å². The molecule has 0 aliphatic heterocycles. The Morgan fingerprint density at radius 3 is 2.83 bits per heavy atom. The number of amides is 1. The number of benzene rings is 2. The third-order valence-electron chi connectivity index (χ3n) is 4.37. The van der Waals surface area contributed by atoms with Gasteiger partial charge in [-0.1, -0.05) is 30.2 Å². The number of aromatic nitrogens is 3. The molecule has 7 heteroatoms. The van der Waals surface area contributed by atoms with Crippen molar-refractivity contribution in [1.29, 1.82) is 0 Å². The van der Waals surface area contributed by atoms with Gasteiger partial charge < -0.3 is 15.4 Å². The summed E-state index contributed by atoms with van der Waals surface area (Å²) in [7, 11) is 0. The van der Waals surface area contributed by atoms with Crippen LogP contribution >= 0.6 is 0 Å². The number of hydrogen-bond donors (Lipinski definition) is 2. The number of ether oxygens (including phenoxy) is 1. The van der Waals surface area contributed by atoms with Crippen molar-refractivity contribution in [3.8, 4) is 23.5 Å². The van der Waals surface area contributed by atoms with Gasteiger partial charge in [0.15, 0.2) is 5.82 Å². The molecule has 0 bridgehead atoms. The molecule has 0 spiro atoms. The van der Waals surface area contributed by atoms with Crippen LogP contribution < -0.4 is 15.4 Å². The Kier molecular flexibility index (Phi) is 5.31. The number of aryl methyl sites for hydroxylation is 1. The van der Waals surface area contributed by atoms with Gasteiger partial charge in [-0.3, -0.25) is 9.20 Å². The number of rotatable bonds is 5. The third-order valence-corrected chi connectivity index (χ3v) is 4.37. The highest BCUT2D eigenvalue weighted by molar-refractivity contribution is 6.03. The predicted octanol–water partition coefficient (Wildman–Crippen LogP) is 4.54. The standard InChI is InChI=1S/C23H19N5O2/c1-3-7-21(29)26-17-9-6-10-18(12-17)30-22-14-25-23(20-13-24-15-28(20)22)27-19-11-5-4-8-16(19)2/h4-6,8-15H,1-2H3,(H,25,27)(H,26,29). The quantitative estimate of drug-likeness (QED) is 0.484. The lowest BCUT2D eigenvalue weighted by atomic mass is 10.2. The predicted molar refractivity (Wildman–Crippen MR) is 116 cm³/mol. The molecule has 4 rings (SSSR count). The van der Waals surface area contributed by atoms with Gasteiger partial charge in [0, 0.05) is 17.4 Å². The van der Waals surface area contributed by atoms with Crippen molar-refractivity contribution in [1.82, 2.24) is 14.4 Å². The summed E-state index contributed by atoms with van der Waals surface area (Å²) in [5, 5.41) is 6.05. The first kappa shape index (κ1) is 19.0. The topological polar surface area (TPSA) is 80.5 Å². The number of nitrogens with zero attached hydrogens (tertiary/aromatic N) is 3. The second-order valence-corrected chi connectivity index (χ2v) is 6.49. The molecule has 7 nitrogen and oxygen atoms in total. The summed E-state index contributed by atoms with van der Waals surface area (Å²) < 4.78 is 7.81. The molecular weight excluding hydrogens is 378 g/mol. The average Bonchev–Trinajstić information content (AvgIpc) is 3.22. The van der Waals surface area contributed by atoms with Crippen LogP contribution in [0.15, 0.2) is 67.3 Å². The van der Waals surface area contributed by atoms with Gasteiger partial charge in [-0.2, -0.15) is 0 Å². The molecule has 0 aliphatic rings. The van der Waals surface area contributed by atoms with Gasteiger partial charge in [-0.15, -0.1) is 0 Å². The van der Waals surface area contributed by atoms with Crippen LogP contribution in [-0.2, 0) is 4.79 Å². The Balaban J connectivity index is 1.60. The van der Waals surface area contributed by atoms with Crippen molar-refractivity contribution in [3.05, 3.63) is 72.8 Å². The van der Waals surface area contributed by atoms with Crippen molar-refractivity contribution < 1.29 is 9.53 Å². The molecule has 2 aromatic carbocycles. The number of imidazole rings is 1. The van der Waals surface area contributed by atoms with Crippen LogP contribution in [0.4, 0.5) is 17.2 Å². The SMILES string of the molecule is CC#CC(=O)Nc1cccc(Oc2cnc(Nc3ccccc3C)c3cncn23)c1. The van der Waals surface area contributed by atoms with Crippen LogP contribution in [0.2, 0.25) is 0 Å². The highest BCUT2D eigenvalue weighted by Gasteiger charge is 2.11. The zero-order valence-electron chi connectivity index (χ0n) is 16.5. The van der Waals surface area contributed by atoms with Gasteiger partial charge in [0.05, 0.1) is 12.4 Å². The van der Waals surface area contributed by atoms with E-state index in [0.29, 0.717) is 23.1 Å². The molecule has 30 heavy (non-hydrogen) atoms. The van der Waals surface area contributed by atoms with E-state index in [1.807, 2.05) is 31.2 Å². The fourth-order valence-corrected chi connectivity index (χ4v) is 2.94. The summed E-state index contributed by atoms with van der Waals surface area (Å²) in [6.45, 7) is 3.64. The molecule has 0 unspecified atom stereocenters. The molecule has 0 radical (unpaired) electrons. The zero-order valence-corrected chi connectivity index (χ0v) is 16.5. The summed E-state index contributed by atoms with van der Waals surface area (Å²) in [6.07, 6.45) is 5.02. The maximum atomic E-state index is 11.7. The molecular formula is C23H19N5O2. The van der Waals surface area contributed by atoms with Crippen LogP contribution in [0, 0.1) is 18.8 Å². The third kappa shape index (κ3) is 4.08. The molecule has 2 aromatic heterocycles. The second-order valence-electron chi connectivity index (χ2n) is 6.49. The minimum Gasteiger partial charge on any atom is -0.439 e. The fraction of sp³-hybridized carbons (Fsp3) is 0.0870. The summed E-state index contributed by atoms with van der Waals surface area (Å²) in [6, 6.07) is 15.1. The summed E-state index contributed by atoms with van der Waals surface area (Å²) in [5.41, 5.74) is 3.45. The van der Waals surface area contributed by atoms with E-state index in [9.17, 15) is 4.79 Å². The van der Waals surface area contributed by atoms with Crippen molar-refractivity contribution in [2.45, 2.75) is 13.8 Å². The summed E-state index contributed by atoms with van der Waals surface area (Å²) >= 11 is 0. The Bertz CT molecular complexity index is 1280. The molecule has 0 atom stereocenters. The lowest BCUT2D eigenvalue weighted by molar-refractivity contribution is -0.111. The maximum Gasteiger partial charge on any atom is 0.300 e. The number of carbonyl (C=O) groups is 1. The minimum atomic E-state index is -0.375. The number of anilines is 3. The highest BCUT2D eigenvalue weighted by atomic mass is 16.5. The maximum absolute atomic E-state index is 11.7. The van der Waals surface area contributed by atoms with E-state index in [0.717, 1.165) is 16.8 Å². The zero-order chi connectivity index (χ0) is 20.9. The van der Waals surface area contributed by atoms with Crippen LogP contribution in [0.3, 0.4) is 0 Å². The first-order chi connectivity index (χ1) is 14.6. The van der Waals surface area contributed by atoms with E-state index >= 15 is 0 Å². The number of carbonyl (C=O) groups excluding carboxylic acids is 1. The van der Waals surface area contributed by atoms with E-state index < -0.39 is 0 Å². The lowest BCUT2D eigenvalue weighted by Gasteiger charge is -2.13. The summed E-state index contributed by atoms with van der Waals surface area (Å²) in [4.78, 5) is 20.4. The second kappa shape index (κ2) is 8.37. The van der Waals surface area contributed by atoms with Crippen LogP contribution in [-0.4, -0.2) is 20.3 Å². The molecule has 0 aliphatic carbocycles. The van der Waals surface area contributed by atoms with Crippen LogP contribution in [0.1, 0.15) is 12.5 Å². The van der Waals surface area contributed by atoms with Crippen LogP contribution in [0.25, 0.3) is 5.52 Å². The van der Waals surface area contributed by atoms with Crippen molar-refractivity contribution >= 4 is 28.6 Å².